The van der Waals surface area contributed by atoms with E-state index in [9.17, 15) is 57.7 Å². The molecule has 354 valence electrons. The summed E-state index contributed by atoms with van der Waals surface area (Å²) in [6.45, 7) is 6.33. The summed E-state index contributed by atoms with van der Waals surface area (Å²) in [5.74, 6) is -1.41. The molecule has 20 heteroatoms. The van der Waals surface area contributed by atoms with E-state index in [4.69, 9.17) is 0 Å². The molecule has 0 saturated carbocycles. The molecule has 6 aromatic carbocycles. The first-order valence-electron chi connectivity index (χ1n) is 20.2. The third kappa shape index (κ3) is 10.2. The summed E-state index contributed by atoms with van der Waals surface area (Å²) in [5.41, 5.74) is -0.880. The van der Waals surface area contributed by atoms with Crippen LogP contribution < -0.4 is 8.61 Å². The molecule has 0 radical (unpaired) electrons. The minimum absolute atomic E-state index is 0.0158. The molecule has 68 heavy (non-hydrogen) atoms. The van der Waals surface area contributed by atoms with Crippen LogP contribution in [0.4, 0.5) is 46.4 Å². The number of thiophene rings is 2. The zero-order valence-corrected chi connectivity index (χ0v) is 39.5. The van der Waals surface area contributed by atoms with Crippen molar-refractivity contribution in [3.63, 3.8) is 0 Å². The Kier molecular flexibility index (Phi) is 13.8. The van der Waals surface area contributed by atoms with Gasteiger partial charge in [0, 0.05) is 15.5 Å². The van der Waals surface area contributed by atoms with Crippen LogP contribution in [-0.4, -0.2) is 21.8 Å². The summed E-state index contributed by atoms with van der Waals surface area (Å²) in [6, 6.07) is 32.2. The lowest BCUT2D eigenvalue weighted by molar-refractivity contribution is -0.388. The van der Waals surface area contributed by atoms with Gasteiger partial charge in [0.25, 0.3) is 25.7 Å². The van der Waals surface area contributed by atoms with Gasteiger partial charge in [-0.25, -0.2) is 21.2 Å². The second-order valence-corrected chi connectivity index (χ2v) is 21.4. The van der Waals surface area contributed by atoms with Crippen LogP contribution in [0.15, 0.2) is 143 Å². The number of hydrogen-bond donors (Lipinski definition) is 0. The van der Waals surface area contributed by atoms with Crippen LogP contribution in [0.3, 0.4) is 0 Å². The van der Waals surface area contributed by atoms with Gasteiger partial charge < -0.3 is 0 Å². The number of alkyl halides is 6. The van der Waals surface area contributed by atoms with Crippen LogP contribution in [0.1, 0.15) is 44.5 Å². The first-order valence-corrected chi connectivity index (χ1v) is 24.7. The second-order valence-electron chi connectivity index (χ2n) is 15.6. The highest BCUT2D eigenvalue weighted by molar-refractivity contribution is 7.93. The van der Waals surface area contributed by atoms with E-state index in [2.05, 4.69) is 0 Å². The van der Waals surface area contributed by atoms with Crippen molar-refractivity contribution in [2.24, 2.45) is 0 Å². The van der Waals surface area contributed by atoms with Gasteiger partial charge in [0.15, 0.2) is 0 Å². The smallest absolute Gasteiger partial charge is 0.258 e. The predicted octanol–water partition coefficient (Wildman–Crippen LogP) is 13.9. The molecule has 0 aliphatic heterocycles. The summed E-state index contributed by atoms with van der Waals surface area (Å²) in [6.07, 6.45) is -9.87. The molecule has 8 rings (SSSR count). The molecule has 0 fully saturated rings. The standard InChI is InChI=1S/C24H19F4NO2S2.C24H19F3N2O4S2/c1-15-7-10-18(11-8-15)33(30,31)29(23-16(2)19-5-3-4-6-22(19)32-23)14-17-9-12-21(25)20(13-17)24(26,27)28;1-15-7-10-18(11-8-15)35(32,33)28(23-16(2)19-5-3-4-6-22(19)34-23)14-17-9-12-21(29(30)31)20(13-17)24(25,26)27/h3-13H,14H2,1-2H3;3-13H,14H2,1-2H3/i25-1;. The van der Waals surface area contributed by atoms with Crippen LogP contribution in [-0.2, 0) is 45.5 Å². The van der Waals surface area contributed by atoms with E-state index < -0.39 is 66.5 Å². The number of sulfonamides is 2. The molecule has 2 aromatic heterocycles. The molecule has 9 nitrogen and oxygen atoms in total. The van der Waals surface area contributed by atoms with Crippen LogP contribution in [0.5, 0.6) is 0 Å². The van der Waals surface area contributed by atoms with Gasteiger partial charge in [0.2, 0.25) is 0 Å². The predicted molar refractivity (Wildman–Crippen MR) is 252 cm³/mol. The SMILES string of the molecule is Cc1ccc(S(=O)(=O)N(Cc2ccc([18F])c(C(F)(F)F)c2)c2sc3ccccc3c2C)cc1.Cc1ccc(S(=O)(=O)N(Cc2ccc([N+](=O)[O-])c(C(F)(F)F)c2)c2sc3ccccc3c2C)cc1. The van der Waals surface area contributed by atoms with Gasteiger partial charge in [-0.2, -0.15) is 26.3 Å². The van der Waals surface area contributed by atoms with Crippen molar-refractivity contribution in [2.75, 3.05) is 8.61 Å². The third-order valence-corrected chi connectivity index (χ3v) is 17.2. The average Bonchev–Trinajstić information content (AvgIpc) is 3.79. The number of halogens is 7. The monoisotopic (exact) mass is 1010 g/mol. The van der Waals surface area contributed by atoms with Crippen LogP contribution in [0.25, 0.3) is 20.2 Å². The van der Waals surface area contributed by atoms with E-state index in [1.807, 2.05) is 55.5 Å². The highest BCUT2D eigenvalue weighted by Crippen LogP contribution is 2.44. The Morgan fingerprint density at radius 2 is 0.926 bits per heavy atom. The van der Waals surface area contributed by atoms with E-state index in [0.29, 0.717) is 39.3 Å². The Morgan fingerprint density at radius 3 is 1.31 bits per heavy atom. The van der Waals surface area contributed by atoms with Gasteiger partial charge in [0.1, 0.15) is 21.4 Å². The summed E-state index contributed by atoms with van der Waals surface area (Å²) in [5, 5.41) is 13.6. The molecule has 0 aliphatic carbocycles. The molecular weight excluding hydrogens is 975 g/mol. The van der Waals surface area contributed by atoms with Crippen LogP contribution in [0, 0.1) is 43.6 Å². The molecule has 0 spiro atoms. The first-order chi connectivity index (χ1) is 31.9. The van der Waals surface area contributed by atoms with Crippen molar-refractivity contribution >= 4 is 78.6 Å². The number of hydrogen-bond acceptors (Lipinski definition) is 8. The molecular formula is C48H38F7N3O6S4. The van der Waals surface area contributed by atoms with Crippen LogP contribution in [0.2, 0.25) is 0 Å². The van der Waals surface area contributed by atoms with Gasteiger partial charge in [-0.15, -0.1) is 22.7 Å². The van der Waals surface area contributed by atoms with Crippen molar-refractivity contribution in [1.29, 1.82) is 0 Å². The molecule has 2 heterocycles. The molecule has 0 unspecified atom stereocenters. The normalized spacial score (nSPS) is 12.2. The number of aryl methyl sites for hydroxylation is 4. The molecule has 0 N–H and O–H groups in total. The van der Waals surface area contributed by atoms with E-state index >= 15 is 0 Å². The quantitative estimate of drug-likeness (QED) is 0.0723. The second kappa shape index (κ2) is 19.0. The Bertz CT molecular complexity index is 3410. The van der Waals surface area contributed by atoms with Crippen molar-refractivity contribution in [1.82, 2.24) is 0 Å². The lowest BCUT2D eigenvalue weighted by Gasteiger charge is -2.24. The summed E-state index contributed by atoms with van der Waals surface area (Å²) >= 11 is 2.45. The average molecular weight is 1010 g/mol. The molecule has 0 bridgehead atoms. The number of nitro groups is 1. The number of benzene rings is 6. The Hall–Kier alpha value is -6.35. The number of fused-ring (bicyclic) bond motifs is 2. The maximum atomic E-state index is 13.8. The fourth-order valence-electron chi connectivity index (χ4n) is 7.29. The zero-order valence-electron chi connectivity index (χ0n) is 36.2. The van der Waals surface area contributed by atoms with E-state index in [1.165, 1.54) is 53.0 Å². The Balaban J connectivity index is 0.000000202. The van der Waals surface area contributed by atoms with Crippen molar-refractivity contribution < 1.29 is 52.5 Å². The summed E-state index contributed by atoms with van der Waals surface area (Å²) in [7, 11) is -8.31. The summed E-state index contributed by atoms with van der Waals surface area (Å²) in [4.78, 5) is 10.0. The highest BCUT2D eigenvalue weighted by atomic mass is 32.2. The number of nitrogens with zero attached hydrogens (tertiary/aromatic N) is 3. The van der Waals surface area contributed by atoms with Crippen molar-refractivity contribution in [3.8, 4) is 0 Å². The fourth-order valence-corrected chi connectivity index (χ4v) is 13.2. The molecule has 0 saturated heterocycles. The molecule has 0 amide bonds. The van der Waals surface area contributed by atoms with Crippen LogP contribution >= 0.6 is 22.7 Å². The van der Waals surface area contributed by atoms with E-state index in [0.717, 1.165) is 52.0 Å². The maximum Gasteiger partial charge on any atom is 0.423 e. The fraction of sp³-hybridized carbons (Fsp3) is 0.167. The van der Waals surface area contributed by atoms with Gasteiger partial charge in [-0.3, -0.25) is 18.7 Å². The maximum absolute atomic E-state index is 13.8. The topological polar surface area (TPSA) is 118 Å². The van der Waals surface area contributed by atoms with Gasteiger partial charge in [-0.1, -0.05) is 83.9 Å². The number of rotatable bonds is 11. The Morgan fingerprint density at radius 1 is 0.544 bits per heavy atom. The summed E-state index contributed by atoms with van der Waals surface area (Å²) < 4.78 is 153. The minimum Gasteiger partial charge on any atom is -0.258 e. The highest BCUT2D eigenvalue weighted by Gasteiger charge is 2.39. The van der Waals surface area contributed by atoms with Crippen molar-refractivity contribution in [2.45, 2.75) is 62.9 Å². The lowest BCUT2D eigenvalue weighted by Crippen LogP contribution is -2.30. The molecule has 8 aromatic rings. The largest absolute Gasteiger partial charge is 0.423 e. The number of nitro benzene ring substituents is 1. The molecule has 0 atom stereocenters. The third-order valence-electron chi connectivity index (χ3n) is 10.9. The Labute approximate surface area is 394 Å². The minimum atomic E-state index is -4.98. The van der Waals surface area contributed by atoms with Crippen molar-refractivity contribution in [3.05, 3.63) is 194 Å². The lowest BCUT2D eigenvalue weighted by atomic mass is 10.1. The zero-order chi connectivity index (χ0) is 49.5. The van der Waals surface area contributed by atoms with E-state index in [-0.39, 0.29) is 27.5 Å². The molecule has 0 aliphatic rings. The van der Waals surface area contributed by atoms with Gasteiger partial charge in [0.05, 0.1) is 33.4 Å². The first kappa shape index (κ1) is 49.6. The van der Waals surface area contributed by atoms with Gasteiger partial charge in [-0.05, 0) is 115 Å². The van der Waals surface area contributed by atoms with Gasteiger partial charge >= 0.3 is 12.4 Å². The van der Waals surface area contributed by atoms with E-state index in [1.54, 1.807) is 45.0 Å². The number of anilines is 2.